The van der Waals surface area contributed by atoms with E-state index in [4.69, 9.17) is 4.74 Å². The van der Waals surface area contributed by atoms with Gasteiger partial charge in [0.15, 0.2) is 0 Å². The lowest BCUT2D eigenvalue weighted by Gasteiger charge is -2.32. The number of nitrogens with zero attached hydrogens (tertiary/aromatic N) is 1. The topological polar surface area (TPSA) is 24.5 Å². The highest BCUT2D eigenvalue weighted by Gasteiger charge is 2.32. The quantitative estimate of drug-likeness (QED) is 0.904. The summed E-state index contributed by atoms with van der Waals surface area (Å²) in [6.45, 7) is 12.3. The number of nitrogens with one attached hydrogen (secondary N) is 1. The fourth-order valence-corrected chi connectivity index (χ4v) is 3.74. The van der Waals surface area contributed by atoms with Crippen LogP contribution in [0, 0.1) is 5.92 Å². The maximum absolute atomic E-state index is 6.20. The van der Waals surface area contributed by atoms with Crippen LogP contribution in [-0.4, -0.2) is 36.7 Å². The average molecular weight is 302 g/mol. The van der Waals surface area contributed by atoms with Gasteiger partial charge >= 0.3 is 0 Å². The largest absolute Gasteiger partial charge is 0.487 e. The molecule has 0 atom stereocenters. The minimum absolute atomic E-state index is 0.0444. The molecular weight excluding hydrogens is 272 g/mol. The first-order valence-corrected chi connectivity index (χ1v) is 8.80. The van der Waals surface area contributed by atoms with Gasteiger partial charge in [-0.25, -0.2) is 0 Å². The van der Waals surface area contributed by atoms with E-state index in [0.717, 1.165) is 31.2 Å². The van der Waals surface area contributed by atoms with Gasteiger partial charge in [0.05, 0.1) is 0 Å². The van der Waals surface area contributed by atoms with E-state index in [0.29, 0.717) is 0 Å². The summed E-state index contributed by atoms with van der Waals surface area (Å²) in [5.41, 5.74) is 2.70. The Morgan fingerprint density at radius 3 is 2.77 bits per heavy atom. The summed E-state index contributed by atoms with van der Waals surface area (Å²) < 4.78 is 6.20. The van der Waals surface area contributed by atoms with E-state index < -0.39 is 0 Å². The van der Waals surface area contributed by atoms with Crippen molar-refractivity contribution < 1.29 is 4.74 Å². The SMILES string of the molecule is CCNCC1CCN(Cc2cccc3c2OC(C)(C)C3)CC1. The monoisotopic (exact) mass is 302 g/mol. The second-order valence-corrected chi connectivity index (χ2v) is 7.47. The lowest BCUT2D eigenvalue weighted by molar-refractivity contribution is 0.132. The molecule has 1 aromatic rings. The Labute approximate surface area is 135 Å². The van der Waals surface area contributed by atoms with E-state index in [1.54, 1.807) is 0 Å². The first-order valence-electron chi connectivity index (χ1n) is 8.80. The van der Waals surface area contributed by atoms with E-state index in [1.165, 1.54) is 43.6 Å². The van der Waals surface area contributed by atoms with Crippen molar-refractivity contribution in [1.82, 2.24) is 10.2 Å². The molecule has 0 amide bonds. The first-order chi connectivity index (χ1) is 10.6. The number of hydrogen-bond acceptors (Lipinski definition) is 3. The number of fused-ring (bicyclic) bond motifs is 1. The van der Waals surface area contributed by atoms with Crippen LogP contribution >= 0.6 is 0 Å². The molecular formula is C19H30N2O. The summed E-state index contributed by atoms with van der Waals surface area (Å²) in [5.74, 6) is 2.01. The van der Waals surface area contributed by atoms with Crippen LogP contribution in [0.5, 0.6) is 5.75 Å². The van der Waals surface area contributed by atoms with Crippen LogP contribution in [0.1, 0.15) is 44.7 Å². The first kappa shape index (κ1) is 15.8. The molecule has 0 radical (unpaired) electrons. The summed E-state index contributed by atoms with van der Waals surface area (Å²) in [7, 11) is 0. The molecule has 2 heterocycles. The molecule has 3 nitrogen and oxygen atoms in total. The van der Waals surface area contributed by atoms with Crippen LogP contribution < -0.4 is 10.1 Å². The van der Waals surface area contributed by atoms with Crippen molar-refractivity contribution in [1.29, 1.82) is 0 Å². The Bertz CT molecular complexity index is 504. The maximum Gasteiger partial charge on any atom is 0.127 e. The minimum atomic E-state index is -0.0444. The van der Waals surface area contributed by atoms with Gasteiger partial charge in [0, 0.05) is 18.5 Å². The molecule has 0 spiro atoms. The second kappa shape index (κ2) is 6.59. The molecule has 0 aliphatic carbocycles. The van der Waals surface area contributed by atoms with Gasteiger partial charge in [-0.2, -0.15) is 0 Å². The maximum atomic E-state index is 6.20. The predicted octanol–water partition coefficient (Wildman–Crippen LogP) is 3.22. The molecule has 122 valence electrons. The molecule has 2 aliphatic heterocycles. The molecule has 1 fully saturated rings. The Morgan fingerprint density at radius 2 is 2.05 bits per heavy atom. The molecule has 1 aromatic carbocycles. The number of ether oxygens (including phenoxy) is 1. The fraction of sp³-hybridized carbons (Fsp3) is 0.684. The van der Waals surface area contributed by atoms with Crippen LogP contribution in [0.4, 0.5) is 0 Å². The van der Waals surface area contributed by atoms with Gasteiger partial charge in [-0.15, -0.1) is 0 Å². The van der Waals surface area contributed by atoms with Gasteiger partial charge in [0.2, 0.25) is 0 Å². The number of likely N-dealkylation sites (tertiary alicyclic amines) is 1. The molecule has 2 aliphatic rings. The van der Waals surface area contributed by atoms with Gasteiger partial charge in [-0.3, -0.25) is 4.90 Å². The highest BCUT2D eigenvalue weighted by Crippen LogP contribution is 2.38. The van der Waals surface area contributed by atoms with Crippen LogP contribution in [-0.2, 0) is 13.0 Å². The smallest absolute Gasteiger partial charge is 0.127 e. The molecule has 22 heavy (non-hydrogen) atoms. The summed E-state index contributed by atoms with van der Waals surface area (Å²) in [4.78, 5) is 2.59. The Balaban J connectivity index is 1.59. The van der Waals surface area contributed by atoms with Crippen LogP contribution in [0.15, 0.2) is 18.2 Å². The molecule has 0 unspecified atom stereocenters. The molecule has 1 N–H and O–H groups in total. The Morgan fingerprint density at radius 1 is 1.27 bits per heavy atom. The van der Waals surface area contributed by atoms with E-state index in [2.05, 4.69) is 49.2 Å². The van der Waals surface area contributed by atoms with Gasteiger partial charge in [0.1, 0.15) is 11.4 Å². The van der Waals surface area contributed by atoms with Crippen LogP contribution in [0.2, 0.25) is 0 Å². The predicted molar refractivity (Wildman–Crippen MR) is 91.4 cm³/mol. The third-order valence-electron chi connectivity index (χ3n) is 4.96. The number of rotatable bonds is 5. The summed E-state index contributed by atoms with van der Waals surface area (Å²) in [6.07, 6.45) is 3.66. The van der Waals surface area contributed by atoms with Crippen molar-refractivity contribution in [2.45, 2.75) is 52.2 Å². The van der Waals surface area contributed by atoms with Gasteiger partial charge in [-0.05, 0) is 64.3 Å². The molecule has 3 rings (SSSR count). The second-order valence-electron chi connectivity index (χ2n) is 7.47. The molecule has 0 aromatic heterocycles. The zero-order valence-electron chi connectivity index (χ0n) is 14.3. The van der Waals surface area contributed by atoms with Gasteiger partial charge < -0.3 is 10.1 Å². The average Bonchev–Trinajstić information content (AvgIpc) is 2.82. The van der Waals surface area contributed by atoms with Crippen molar-refractivity contribution in [3.05, 3.63) is 29.3 Å². The van der Waals surface area contributed by atoms with Crippen molar-refractivity contribution in [3.63, 3.8) is 0 Å². The summed E-state index contributed by atoms with van der Waals surface area (Å²) in [5, 5.41) is 3.49. The Hall–Kier alpha value is -1.06. The number of hydrogen-bond donors (Lipinski definition) is 1. The number of piperidine rings is 1. The zero-order valence-corrected chi connectivity index (χ0v) is 14.3. The fourth-order valence-electron chi connectivity index (χ4n) is 3.74. The summed E-state index contributed by atoms with van der Waals surface area (Å²) >= 11 is 0. The van der Waals surface area contributed by atoms with E-state index in [-0.39, 0.29) is 5.60 Å². The lowest BCUT2D eigenvalue weighted by atomic mass is 9.96. The van der Waals surface area contributed by atoms with E-state index >= 15 is 0 Å². The van der Waals surface area contributed by atoms with Crippen molar-refractivity contribution in [3.8, 4) is 5.75 Å². The van der Waals surface area contributed by atoms with Crippen LogP contribution in [0.3, 0.4) is 0 Å². The molecule has 0 saturated carbocycles. The minimum Gasteiger partial charge on any atom is -0.487 e. The third-order valence-corrected chi connectivity index (χ3v) is 4.96. The van der Waals surface area contributed by atoms with Crippen molar-refractivity contribution in [2.24, 2.45) is 5.92 Å². The molecule has 1 saturated heterocycles. The van der Waals surface area contributed by atoms with E-state index in [9.17, 15) is 0 Å². The lowest BCUT2D eigenvalue weighted by Crippen LogP contribution is -2.37. The van der Waals surface area contributed by atoms with Crippen molar-refractivity contribution >= 4 is 0 Å². The zero-order chi connectivity index (χ0) is 15.6. The van der Waals surface area contributed by atoms with Crippen LogP contribution in [0.25, 0.3) is 0 Å². The highest BCUT2D eigenvalue weighted by atomic mass is 16.5. The normalized spacial score (nSPS) is 21.6. The Kier molecular flexibility index (Phi) is 4.74. The van der Waals surface area contributed by atoms with Crippen molar-refractivity contribution in [2.75, 3.05) is 26.2 Å². The standard InChI is InChI=1S/C19H30N2O/c1-4-20-13-15-8-10-21(11-9-15)14-17-7-5-6-16-12-19(2,3)22-18(16)17/h5-7,15,20H,4,8-14H2,1-3H3. The van der Waals surface area contributed by atoms with Gasteiger partial charge in [-0.1, -0.05) is 25.1 Å². The van der Waals surface area contributed by atoms with Gasteiger partial charge in [0.25, 0.3) is 0 Å². The summed E-state index contributed by atoms with van der Waals surface area (Å²) in [6, 6.07) is 6.65. The highest BCUT2D eigenvalue weighted by molar-refractivity contribution is 5.45. The number of para-hydroxylation sites is 1. The molecule has 0 bridgehead atoms. The third kappa shape index (κ3) is 3.64. The van der Waals surface area contributed by atoms with E-state index in [1.807, 2.05) is 0 Å². The molecule has 3 heteroatoms. The number of benzene rings is 1.